The Morgan fingerprint density at radius 2 is 2.40 bits per heavy atom. The minimum atomic E-state index is -0.905. The van der Waals surface area contributed by atoms with Gasteiger partial charge in [0.05, 0.1) is 12.9 Å². The van der Waals surface area contributed by atoms with Crippen LogP contribution in [0.2, 0.25) is 0 Å². The Bertz CT molecular complexity index is 342. The van der Waals surface area contributed by atoms with Crippen LogP contribution < -0.4 is 11.5 Å². The molecule has 1 aromatic heterocycles. The lowest BCUT2D eigenvalue weighted by atomic mass is 10.5. The molecule has 1 rings (SSSR count). The highest BCUT2D eigenvalue weighted by molar-refractivity contribution is 5.81. The number of aromatic nitrogens is 2. The van der Waals surface area contributed by atoms with Crippen molar-refractivity contribution in [3.8, 4) is 0 Å². The van der Waals surface area contributed by atoms with Crippen molar-refractivity contribution in [1.82, 2.24) is 9.55 Å². The molecule has 1 unspecified atom stereocenters. The Labute approximate surface area is 86.7 Å². The van der Waals surface area contributed by atoms with Crippen LogP contribution in [-0.4, -0.2) is 28.1 Å². The number of nitrogens with two attached hydrogens (primary N) is 2. The third-order valence-corrected chi connectivity index (χ3v) is 1.58. The number of esters is 1. The van der Waals surface area contributed by atoms with Crippen LogP contribution in [0.4, 0.5) is 0 Å². The van der Waals surface area contributed by atoms with E-state index in [4.69, 9.17) is 16.2 Å². The first-order valence-corrected chi connectivity index (χ1v) is 4.38. The van der Waals surface area contributed by atoms with E-state index in [0.29, 0.717) is 0 Å². The third-order valence-electron chi connectivity index (χ3n) is 1.58. The van der Waals surface area contributed by atoms with Crippen LogP contribution in [0.5, 0.6) is 0 Å². The van der Waals surface area contributed by atoms with Gasteiger partial charge in [-0.1, -0.05) is 0 Å². The van der Waals surface area contributed by atoms with Crippen molar-refractivity contribution in [2.24, 2.45) is 16.5 Å². The van der Waals surface area contributed by atoms with E-state index >= 15 is 0 Å². The molecule has 0 saturated carbocycles. The molecule has 0 amide bonds. The van der Waals surface area contributed by atoms with Crippen LogP contribution in [0, 0.1) is 0 Å². The predicted molar refractivity (Wildman–Crippen MR) is 53.7 cm³/mol. The van der Waals surface area contributed by atoms with Crippen molar-refractivity contribution < 1.29 is 9.53 Å². The van der Waals surface area contributed by atoms with Gasteiger partial charge >= 0.3 is 5.97 Å². The van der Waals surface area contributed by atoms with E-state index < -0.39 is 12.1 Å². The number of carbonyl (C=O) groups excluding carboxylic acids is 1. The van der Waals surface area contributed by atoms with E-state index in [1.807, 2.05) is 0 Å². The predicted octanol–water partition coefficient (Wildman–Crippen LogP) is -0.782. The number of aliphatic imine (C=N–C) groups is 1. The zero-order chi connectivity index (χ0) is 11.3. The van der Waals surface area contributed by atoms with Gasteiger partial charge < -0.3 is 20.8 Å². The molecular formula is C8H13N5O2. The van der Waals surface area contributed by atoms with Crippen molar-refractivity contribution in [2.75, 3.05) is 6.61 Å². The summed E-state index contributed by atoms with van der Waals surface area (Å²) in [5, 5.41) is 0. The van der Waals surface area contributed by atoms with Gasteiger partial charge in [0, 0.05) is 12.4 Å². The molecule has 1 aromatic rings. The molecule has 7 heteroatoms. The van der Waals surface area contributed by atoms with Crippen LogP contribution in [-0.2, 0) is 9.53 Å². The lowest BCUT2D eigenvalue weighted by molar-refractivity contribution is -0.146. The number of hydrogen-bond donors (Lipinski definition) is 2. The monoisotopic (exact) mass is 211 g/mol. The Morgan fingerprint density at radius 3 is 2.87 bits per heavy atom. The fourth-order valence-electron chi connectivity index (χ4n) is 1.01. The summed E-state index contributed by atoms with van der Waals surface area (Å²) in [6, 6.07) is 0. The van der Waals surface area contributed by atoms with Gasteiger partial charge in [0.2, 0.25) is 6.17 Å². The van der Waals surface area contributed by atoms with Gasteiger partial charge in [-0.3, -0.25) is 0 Å². The lowest BCUT2D eigenvalue weighted by Crippen LogP contribution is -2.28. The molecule has 1 atom stereocenters. The van der Waals surface area contributed by atoms with Gasteiger partial charge in [-0.05, 0) is 6.92 Å². The summed E-state index contributed by atoms with van der Waals surface area (Å²) in [5.74, 6) is -0.703. The number of nitrogens with zero attached hydrogens (tertiary/aromatic N) is 3. The van der Waals surface area contributed by atoms with E-state index in [0.717, 1.165) is 0 Å². The molecular weight excluding hydrogens is 198 g/mol. The third kappa shape index (κ3) is 2.97. The molecule has 0 aliphatic rings. The number of rotatable bonds is 4. The van der Waals surface area contributed by atoms with E-state index in [1.54, 1.807) is 13.1 Å². The van der Waals surface area contributed by atoms with Crippen molar-refractivity contribution in [2.45, 2.75) is 13.1 Å². The van der Waals surface area contributed by atoms with Gasteiger partial charge in [-0.25, -0.2) is 14.8 Å². The number of carbonyl (C=O) groups is 1. The van der Waals surface area contributed by atoms with Gasteiger partial charge in [0.1, 0.15) is 0 Å². The molecule has 7 nitrogen and oxygen atoms in total. The number of guanidine groups is 1. The maximum absolute atomic E-state index is 11.5. The average Bonchev–Trinajstić information content (AvgIpc) is 2.66. The van der Waals surface area contributed by atoms with E-state index in [2.05, 4.69) is 9.98 Å². The second kappa shape index (κ2) is 4.99. The van der Waals surface area contributed by atoms with Crippen molar-refractivity contribution in [1.29, 1.82) is 0 Å². The lowest BCUT2D eigenvalue weighted by Gasteiger charge is -2.12. The molecule has 0 radical (unpaired) electrons. The Hall–Kier alpha value is -2.05. The first-order valence-electron chi connectivity index (χ1n) is 4.38. The topological polar surface area (TPSA) is 109 Å². The van der Waals surface area contributed by atoms with Gasteiger partial charge in [0.15, 0.2) is 5.96 Å². The summed E-state index contributed by atoms with van der Waals surface area (Å²) >= 11 is 0. The molecule has 15 heavy (non-hydrogen) atoms. The first-order chi connectivity index (χ1) is 7.15. The Morgan fingerprint density at radius 1 is 1.67 bits per heavy atom. The highest BCUT2D eigenvalue weighted by Crippen LogP contribution is 2.09. The molecule has 0 saturated heterocycles. The molecule has 0 spiro atoms. The van der Waals surface area contributed by atoms with Gasteiger partial charge in [-0.15, -0.1) is 0 Å². The summed E-state index contributed by atoms with van der Waals surface area (Å²) < 4.78 is 6.28. The summed E-state index contributed by atoms with van der Waals surface area (Å²) in [5.41, 5.74) is 10.4. The van der Waals surface area contributed by atoms with Crippen molar-refractivity contribution in [3.05, 3.63) is 18.7 Å². The van der Waals surface area contributed by atoms with Crippen LogP contribution in [0.25, 0.3) is 0 Å². The second-order valence-corrected chi connectivity index (χ2v) is 2.69. The van der Waals surface area contributed by atoms with Crippen molar-refractivity contribution >= 4 is 11.9 Å². The quantitative estimate of drug-likeness (QED) is 0.385. The molecule has 0 aromatic carbocycles. The smallest absolute Gasteiger partial charge is 0.352 e. The minimum Gasteiger partial charge on any atom is -0.463 e. The number of ether oxygens (including phenoxy) is 1. The number of imidazole rings is 1. The fraction of sp³-hybridized carbons (Fsp3) is 0.375. The van der Waals surface area contributed by atoms with E-state index in [1.165, 1.54) is 17.1 Å². The normalized spacial score (nSPS) is 11.8. The highest BCUT2D eigenvalue weighted by atomic mass is 16.5. The molecule has 0 fully saturated rings. The SMILES string of the molecule is CCOC(=O)C(N=C(N)N)n1ccnc1. The van der Waals surface area contributed by atoms with E-state index in [9.17, 15) is 4.79 Å². The van der Waals surface area contributed by atoms with Crippen LogP contribution in [0.15, 0.2) is 23.7 Å². The van der Waals surface area contributed by atoms with Crippen LogP contribution in [0.1, 0.15) is 13.1 Å². The molecule has 0 aliphatic carbocycles. The highest BCUT2D eigenvalue weighted by Gasteiger charge is 2.20. The van der Waals surface area contributed by atoms with E-state index in [-0.39, 0.29) is 12.6 Å². The molecule has 1 heterocycles. The summed E-state index contributed by atoms with van der Waals surface area (Å²) in [6.45, 7) is 1.97. The minimum absolute atomic E-state index is 0.179. The molecule has 0 aliphatic heterocycles. The largest absolute Gasteiger partial charge is 0.463 e. The average molecular weight is 211 g/mol. The Balaban J connectivity index is 2.89. The van der Waals surface area contributed by atoms with Gasteiger partial charge in [0.25, 0.3) is 0 Å². The fourth-order valence-corrected chi connectivity index (χ4v) is 1.01. The molecule has 0 bridgehead atoms. The maximum atomic E-state index is 11.5. The maximum Gasteiger partial charge on any atom is 0.352 e. The number of hydrogen-bond acceptors (Lipinski definition) is 4. The Kier molecular flexibility index (Phi) is 3.67. The van der Waals surface area contributed by atoms with Crippen molar-refractivity contribution in [3.63, 3.8) is 0 Å². The summed E-state index contributed by atoms with van der Waals surface area (Å²) in [4.78, 5) is 19.0. The van der Waals surface area contributed by atoms with Gasteiger partial charge in [-0.2, -0.15) is 0 Å². The zero-order valence-electron chi connectivity index (χ0n) is 8.33. The molecule has 82 valence electrons. The first kappa shape index (κ1) is 11.0. The zero-order valence-corrected chi connectivity index (χ0v) is 8.33. The molecule has 4 N–H and O–H groups in total. The second-order valence-electron chi connectivity index (χ2n) is 2.69. The van der Waals surface area contributed by atoms with Crippen LogP contribution in [0.3, 0.4) is 0 Å². The summed E-state index contributed by atoms with van der Waals surface area (Å²) in [7, 11) is 0. The van der Waals surface area contributed by atoms with Crippen LogP contribution >= 0.6 is 0 Å². The standard InChI is InChI=1S/C8H13N5O2/c1-2-15-7(14)6(12-8(9)10)13-4-3-11-5-13/h3-6H,2H2,1H3,(H4,9,10,12). The summed E-state index contributed by atoms with van der Waals surface area (Å²) in [6.07, 6.45) is 3.63.